The van der Waals surface area contributed by atoms with E-state index in [2.05, 4.69) is 0 Å². The monoisotopic (exact) mass is 138 g/mol. The second-order valence-electron chi connectivity index (χ2n) is 0. The van der Waals surface area contributed by atoms with Gasteiger partial charge in [0.1, 0.15) is 0 Å². The van der Waals surface area contributed by atoms with Crippen molar-refractivity contribution in [2.24, 2.45) is 0 Å². The fourth-order valence-corrected chi connectivity index (χ4v) is 0. The number of hydrogen-bond donors (Lipinski definition) is 0. The Hall–Kier alpha value is 2.58. The van der Waals surface area contributed by atoms with Crippen molar-refractivity contribution in [1.29, 1.82) is 0 Å². The van der Waals surface area contributed by atoms with Crippen LogP contribution in [0.3, 0.4) is 0 Å². The van der Waals surface area contributed by atoms with Crippen molar-refractivity contribution in [1.82, 2.24) is 0 Å². The van der Waals surface area contributed by atoms with E-state index in [0.717, 1.165) is 0 Å². The fourth-order valence-electron chi connectivity index (χ4n) is 0. The number of rotatable bonds is 0. The largest absolute Gasteiger partial charge is 0.316 e. The molecule has 0 bridgehead atoms. The summed E-state index contributed by atoms with van der Waals surface area (Å²) in [5.74, 6) is 0. The Morgan fingerprint density at radius 1 is 0.750 bits per heavy atom. The van der Waals surface area contributed by atoms with Crippen molar-refractivity contribution in [2.45, 2.75) is 0 Å². The van der Waals surface area contributed by atoms with Crippen LogP contribution in [0.1, 0.15) is 0 Å². The molecule has 0 N–H and O–H groups in total. The first kappa shape index (κ1) is 30.7. The quantitative estimate of drug-likeness (QED) is 0.313. The van der Waals surface area contributed by atoms with Crippen LogP contribution in [0.2, 0.25) is 0 Å². The molecule has 0 radical (unpaired) electrons. The zero-order valence-electron chi connectivity index (χ0n) is 0.354. The number of hydrogen-bond acceptors (Lipinski definition) is 0. The predicted molar refractivity (Wildman–Crippen MR) is 27.0 cm³/mol. The van der Waals surface area contributed by atoms with E-state index in [4.69, 9.17) is 0 Å². The van der Waals surface area contributed by atoms with Crippen molar-refractivity contribution < 1.29 is 17.1 Å². The van der Waals surface area contributed by atoms with Gasteiger partial charge in [-0.15, -0.1) is 0 Å². The molecule has 0 unspecified atom stereocenters. The molecule has 4 heteroatoms. The average Bonchev–Trinajstić information content (AvgIpc) is 0. The van der Waals surface area contributed by atoms with Gasteiger partial charge in [0.05, 0.1) is 0 Å². The normalized spacial score (nSPS) is 0. The Morgan fingerprint density at radius 2 is 0.750 bits per heavy atom. The van der Waals surface area contributed by atoms with Crippen LogP contribution in [0.25, 0.3) is 0 Å². The molecule has 0 aliphatic rings. The Balaban J connectivity index is 0. The smallest absolute Gasteiger partial charge is 0 e. The van der Waals surface area contributed by atoms with Crippen LogP contribution < -0.4 is 0 Å². The summed E-state index contributed by atoms with van der Waals surface area (Å²) in [7, 11) is 0. The predicted octanol–water partition coefficient (Wildman–Crippen LogP) is -3.02. The summed E-state index contributed by atoms with van der Waals surface area (Å²) in [4.78, 5) is 0. The van der Waals surface area contributed by atoms with Gasteiger partial charge in [0.2, 0.25) is 0 Å². The molecular weight excluding hydrogens is 131 g/mol. The van der Waals surface area contributed by atoms with Crippen LogP contribution in [-0.2, 0) is 17.1 Å². The standard InChI is InChI=1S/Al.Fe.2Mg.7H. The molecular formula is H7AlFeMg2. The van der Waals surface area contributed by atoms with Crippen molar-refractivity contribution in [2.75, 3.05) is 0 Å². The molecule has 0 atom stereocenters. The zero-order valence-corrected chi connectivity index (χ0v) is 1.46. The third-order valence-corrected chi connectivity index (χ3v) is 0. The van der Waals surface area contributed by atoms with Gasteiger partial charge in [-0.1, -0.05) is 0 Å². The Kier molecular flexibility index (Phi) is 135. The van der Waals surface area contributed by atoms with Crippen LogP contribution in [0.15, 0.2) is 0 Å². The summed E-state index contributed by atoms with van der Waals surface area (Å²) in [5, 5.41) is 0. The minimum atomic E-state index is 0. The van der Waals surface area contributed by atoms with E-state index >= 15 is 0 Å². The molecule has 0 saturated carbocycles. The van der Waals surface area contributed by atoms with Crippen molar-refractivity contribution in [3.05, 3.63) is 0 Å². The second-order valence-corrected chi connectivity index (χ2v) is 0. The molecule has 0 aromatic heterocycles. The first-order valence-electron chi connectivity index (χ1n) is 0. The molecule has 0 nitrogen and oxygen atoms in total. The molecule has 0 fully saturated rings. The zero-order chi connectivity index (χ0) is 0. The van der Waals surface area contributed by atoms with Crippen molar-refractivity contribution in [3.63, 3.8) is 0 Å². The molecule has 22 valence electrons. The van der Waals surface area contributed by atoms with E-state index < -0.39 is 0 Å². The maximum absolute atomic E-state index is 0. The van der Waals surface area contributed by atoms with E-state index in [0.29, 0.717) is 0 Å². The third kappa shape index (κ3) is 8.82. The first-order valence-corrected chi connectivity index (χ1v) is 0. The van der Waals surface area contributed by atoms with E-state index in [1.54, 1.807) is 0 Å². The van der Waals surface area contributed by atoms with Gasteiger partial charge in [-0.3, -0.25) is 0 Å². The molecule has 4 heavy (non-hydrogen) atoms. The Morgan fingerprint density at radius 3 is 0.750 bits per heavy atom. The molecule has 0 rings (SSSR count). The molecule has 0 aromatic carbocycles. The van der Waals surface area contributed by atoms with Gasteiger partial charge >= 0.3 is 46.1 Å². The maximum atomic E-state index is 0. The van der Waals surface area contributed by atoms with E-state index in [1.165, 1.54) is 0 Å². The SMILES string of the molecule is [AlH3].[Fe].[MgH2].[MgH2]. The average molecular weight is 138 g/mol. The molecule has 0 heterocycles. The summed E-state index contributed by atoms with van der Waals surface area (Å²) in [6, 6.07) is 0. The van der Waals surface area contributed by atoms with Crippen LogP contribution >= 0.6 is 0 Å². The molecule has 0 aliphatic carbocycles. The van der Waals surface area contributed by atoms with Gasteiger partial charge in [-0.25, -0.2) is 0 Å². The van der Waals surface area contributed by atoms with Crippen molar-refractivity contribution >= 4 is 63.5 Å². The van der Waals surface area contributed by atoms with Gasteiger partial charge < -0.3 is 0 Å². The minimum Gasteiger partial charge on any atom is 0 e. The molecule has 0 spiro atoms. The maximum Gasteiger partial charge on any atom is 0.316 e. The minimum absolute atomic E-state index is 0. The summed E-state index contributed by atoms with van der Waals surface area (Å²) in [6.45, 7) is 0. The van der Waals surface area contributed by atoms with E-state index in [-0.39, 0.29) is 80.5 Å². The third-order valence-electron chi connectivity index (χ3n) is 0. The molecule has 0 saturated heterocycles. The van der Waals surface area contributed by atoms with Crippen LogP contribution in [0.5, 0.6) is 0 Å². The Bertz CT molecular complexity index is 6.00. The van der Waals surface area contributed by atoms with Crippen LogP contribution in [0.4, 0.5) is 0 Å². The fraction of sp³-hybridized carbons (Fsp3) is 0. The van der Waals surface area contributed by atoms with E-state index in [9.17, 15) is 0 Å². The van der Waals surface area contributed by atoms with Gasteiger partial charge in [-0.2, -0.15) is 0 Å². The van der Waals surface area contributed by atoms with Gasteiger partial charge in [0, 0.05) is 17.1 Å². The molecule has 0 aromatic rings. The summed E-state index contributed by atoms with van der Waals surface area (Å²) in [5.41, 5.74) is 0. The van der Waals surface area contributed by atoms with Crippen LogP contribution in [0, 0.1) is 0 Å². The van der Waals surface area contributed by atoms with Gasteiger partial charge in [0.25, 0.3) is 0 Å². The topological polar surface area (TPSA) is 0 Å². The first-order chi connectivity index (χ1) is 0. The summed E-state index contributed by atoms with van der Waals surface area (Å²) in [6.07, 6.45) is 0. The van der Waals surface area contributed by atoms with E-state index in [1.807, 2.05) is 0 Å². The summed E-state index contributed by atoms with van der Waals surface area (Å²) >= 11 is 0. The summed E-state index contributed by atoms with van der Waals surface area (Å²) < 4.78 is 0. The van der Waals surface area contributed by atoms with Crippen molar-refractivity contribution in [3.8, 4) is 0 Å². The second kappa shape index (κ2) is 17.6. The van der Waals surface area contributed by atoms with Crippen LogP contribution in [-0.4, -0.2) is 63.5 Å². The van der Waals surface area contributed by atoms with Gasteiger partial charge in [0.15, 0.2) is 17.4 Å². The Labute approximate surface area is 79.4 Å². The molecule has 0 aliphatic heterocycles. The molecule has 0 amide bonds. The van der Waals surface area contributed by atoms with Gasteiger partial charge in [-0.05, 0) is 0 Å².